The normalized spacial score (nSPS) is 11.1. The van der Waals surface area contributed by atoms with E-state index in [1.807, 2.05) is 30.3 Å². The van der Waals surface area contributed by atoms with E-state index in [4.69, 9.17) is 17.3 Å². The molecule has 0 fully saturated rings. The van der Waals surface area contributed by atoms with Crippen LogP contribution >= 0.6 is 11.6 Å². The molecule has 0 aliphatic carbocycles. The number of amides is 2. The standard InChI is InChI=1S/C23H22ClFN4O2/c1-16-20(23(24)29(27-16)19-9-7-18(25)8-10-19)11-12-22(31)28(14-13-21(26)30)15-17-5-3-2-4-6-17/h2-12H,13-15H2,1H3,(H2,26,30)/b12-11+. The van der Waals surface area contributed by atoms with Gasteiger partial charge in [0.05, 0.1) is 11.4 Å². The van der Waals surface area contributed by atoms with Crippen LogP contribution in [0.5, 0.6) is 0 Å². The predicted octanol–water partition coefficient (Wildman–Crippen LogP) is 3.89. The number of benzene rings is 2. The molecule has 31 heavy (non-hydrogen) atoms. The summed E-state index contributed by atoms with van der Waals surface area (Å²) < 4.78 is 14.7. The van der Waals surface area contributed by atoms with Crippen molar-refractivity contribution in [3.8, 4) is 5.69 Å². The van der Waals surface area contributed by atoms with Crippen LogP contribution < -0.4 is 5.73 Å². The van der Waals surface area contributed by atoms with Gasteiger partial charge in [-0.05, 0) is 42.8 Å². The average molecular weight is 441 g/mol. The monoisotopic (exact) mass is 440 g/mol. The van der Waals surface area contributed by atoms with Crippen molar-refractivity contribution in [2.75, 3.05) is 6.54 Å². The second-order valence-corrected chi connectivity index (χ2v) is 7.33. The maximum Gasteiger partial charge on any atom is 0.246 e. The summed E-state index contributed by atoms with van der Waals surface area (Å²) >= 11 is 6.47. The molecule has 0 spiro atoms. The van der Waals surface area contributed by atoms with Crippen molar-refractivity contribution in [1.29, 1.82) is 0 Å². The van der Waals surface area contributed by atoms with E-state index in [9.17, 15) is 14.0 Å². The zero-order valence-electron chi connectivity index (χ0n) is 17.0. The summed E-state index contributed by atoms with van der Waals surface area (Å²) in [6.45, 7) is 2.32. The largest absolute Gasteiger partial charge is 0.370 e. The molecule has 0 aliphatic heterocycles. The maximum absolute atomic E-state index is 13.2. The molecule has 0 unspecified atom stereocenters. The van der Waals surface area contributed by atoms with Gasteiger partial charge in [0, 0.05) is 31.1 Å². The number of rotatable bonds is 8. The van der Waals surface area contributed by atoms with Crippen LogP contribution in [0.1, 0.15) is 23.2 Å². The van der Waals surface area contributed by atoms with E-state index in [1.54, 1.807) is 30.0 Å². The molecule has 0 radical (unpaired) electrons. The van der Waals surface area contributed by atoms with Crippen molar-refractivity contribution in [2.24, 2.45) is 5.73 Å². The lowest BCUT2D eigenvalue weighted by Gasteiger charge is -2.20. The highest BCUT2D eigenvalue weighted by atomic mass is 35.5. The molecule has 1 aromatic heterocycles. The van der Waals surface area contributed by atoms with Crippen molar-refractivity contribution < 1.29 is 14.0 Å². The van der Waals surface area contributed by atoms with Crippen molar-refractivity contribution in [2.45, 2.75) is 19.9 Å². The molecule has 3 aromatic rings. The molecular formula is C23H22ClFN4O2. The van der Waals surface area contributed by atoms with Crippen molar-refractivity contribution in [3.05, 3.63) is 88.5 Å². The van der Waals surface area contributed by atoms with Crippen LogP contribution in [0, 0.1) is 12.7 Å². The molecule has 0 bridgehead atoms. The summed E-state index contributed by atoms with van der Waals surface area (Å²) in [5.74, 6) is -1.12. The molecule has 0 saturated heterocycles. The van der Waals surface area contributed by atoms with Gasteiger partial charge >= 0.3 is 0 Å². The number of aryl methyl sites for hydroxylation is 1. The highest BCUT2D eigenvalue weighted by molar-refractivity contribution is 6.31. The van der Waals surface area contributed by atoms with Crippen LogP contribution in [-0.4, -0.2) is 33.0 Å². The van der Waals surface area contributed by atoms with E-state index in [0.717, 1.165) is 5.56 Å². The van der Waals surface area contributed by atoms with Crippen LogP contribution in [0.2, 0.25) is 5.15 Å². The fourth-order valence-electron chi connectivity index (χ4n) is 3.03. The Labute approximate surface area is 184 Å². The number of hydrogen-bond donors (Lipinski definition) is 1. The second-order valence-electron chi connectivity index (χ2n) is 6.97. The minimum Gasteiger partial charge on any atom is -0.370 e. The minimum absolute atomic E-state index is 0.0642. The van der Waals surface area contributed by atoms with Crippen LogP contribution in [0.3, 0.4) is 0 Å². The summed E-state index contributed by atoms with van der Waals surface area (Å²) in [5, 5.41) is 4.69. The molecule has 6 nitrogen and oxygen atoms in total. The molecule has 3 rings (SSSR count). The molecule has 8 heteroatoms. The first kappa shape index (κ1) is 22.2. The number of carbonyl (C=O) groups excluding carboxylic acids is 2. The molecule has 0 atom stereocenters. The zero-order chi connectivity index (χ0) is 22.4. The van der Waals surface area contributed by atoms with Gasteiger partial charge in [-0.2, -0.15) is 5.10 Å². The Kier molecular flexibility index (Phi) is 7.20. The second kappa shape index (κ2) is 10.0. The molecule has 160 valence electrons. The lowest BCUT2D eigenvalue weighted by atomic mass is 10.2. The van der Waals surface area contributed by atoms with Gasteiger partial charge in [0.15, 0.2) is 0 Å². The minimum atomic E-state index is -0.477. The van der Waals surface area contributed by atoms with Gasteiger partial charge in [-0.1, -0.05) is 41.9 Å². The van der Waals surface area contributed by atoms with Crippen LogP contribution in [0.15, 0.2) is 60.7 Å². The van der Waals surface area contributed by atoms with Gasteiger partial charge in [-0.15, -0.1) is 0 Å². The van der Waals surface area contributed by atoms with Gasteiger partial charge in [0.1, 0.15) is 11.0 Å². The van der Waals surface area contributed by atoms with Crippen molar-refractivity contribution in [1.82, 2.24) is 14.7 Å². The van der Waals surface area contributed by atoms with Crippen molar-refractivity contribution in [3.63, 3.8) is 0 Å². The smallest absolute Gasteiger partial charge is 0.246 e. The summed E-state index contributed by atoms with van der Waals surface area (Å²) in [5.41, 5.74) is 7.99. The Balaban J connectivity index is 1.81. The van der Waals surface area contributed by atoms with Crippen LogP contribution in [0.4, 0.5) is 4.39 Å². The van der Waals surface area contributed by atoms with E-state index >= 15 is 0 Å². The van der Waals surface area contributed by atoms with Gasteiger partial charge in [0.25, 0.3) is 0 Å². The maximum atomic E-state index is 13.2. The van der Waals surface area contributed by atoms with Gasteiger partial charge < -0.3 is 10.6 Å². The quantitative estimate of drug-likeness (QED) is 0.539. The number of hydrogen-bond acceptors (Lipinski definition) is 3. The third kappa shape index (κ3) is 5.79. The number of carbonyl (C=O) groups is 2. The third-order valence-electron chi connectivity index (χ3n) is 4.67. The number of halogens is 2. The average Bonchev–Trinajstić information content (AvgIpc) is 3.04. The topological polar surface area (TPSA) is 81.2 Å². The third-order valence-corrected chi connectivity index (χ3v) is 5.03. The number of nitrogens with two attached hydrogens (primary N) is 1. The summed E-state index contributed by atoms with van der Waals surface area (Å²) in [7, 11) is 0. The summed E-state index contributed by atoms with van der Waals surface area (Å²) in [4.78, 5) is 25.6. The SMILES string of the molecule is Cc1nn(-c2ccc(F)cc2)c(Cl)c1/C=C/C(=O)N(CCC(N)=O)Cc1ccccc1. The number of nitrogens with zero attached hydrogens (tertiary/aromatic N) is 3. The molecular weight excluding hydrogens is 419 g/mol. The lowest BCUT2D eigenvalue weighted by Crippen LogP contribution is -2.32. The van der Waals surface area contributed by atoms with E-state index in [0.29, 0.717) is 28.6 Å². The Bertz CT molecular complexity index is 1090. The molecule has 0 aliphatic rings. The molecule has 0 saturated carbocycles. The van der Waals surface area contributed by atoms with Crippen LogP contribution in [0.25, 0.3) is 11.8 Å². The van der Waals surface area contributed by atoms with Gasteiger partial charge in [-0.3, -0.25) is 9.59 Å². The van der Waals surface area contributed by atoms with E-state index in [1.165, 1.54) is 22.9 Å². The molecule has 1 heterocycles. The summed E-state index contributed by atoms with van der Waals surface area (Å²) in [6.07, 6.45) is 3.05. The van der Waals surface area contributed by atoms with Gasteiger partial charge in [0.2, 0.25) is 11.8 Å². The zero-order valence-corrected chi connectivity index (χ0v) is 17.7. The molecule has 2 amide bonds. The molecule has 2 N–H and O–H groups in total. The van der Waals surface area contributed by atoms with E-state index in [2.05, 4.69) is 5.10 Å². The van der Waals surface area contributed by atoms with E-state index in [-0.39, 0.29) is 24.7 Å². The first-order chi connectivity index (χ1) is 14.8. The highest BCUT2D eigenvalue weighted by Crippen LogP contribution is 2.25. The predicted molar refractivity (Wildman–Crippen MR) is 118 cm³/mol. The van der Waals surface area contributed by atoms with E-state index < -0.39 is 5.91 Å². The lowest BCUT2D eigenvalue weighted by molar-refractivity contribution is -0.127. The number of aromatic nitrogens is 2. The fraction of sp³-hybridized carbons (Fsp3) is 0.174. The Hall–Kier alpha value is -3.45. The fourth-order valence-corrected chi connectivity index (χ4v) is 3.37. The van der Waals surface area contributed by atoms with Crippen LogP contribution in [-0.2, 0) is 16.1 Å². The van der Waals surface area contributed by atoms with Gasteiger partial charge in [-0.25, -0.2) is 9.07 Å². The number of primary amides is 1. The Morgan fingerprint density at radius 1 is 1.16 bits per heavy atom. The molecule has 2 aromatic carbocycles. The first-order valence-electron chi connectivity index (χ1n) is 9.65. The highest BCUT2D eigenvalue weighted by Gasteiger charge is 2.16. The Morgan fingerprint density at radius 2 is 1.84 bits per heavy atom. The van der Waals surface area contributed by atoms with Crippen molar-refractivity contribution >= 4 is 29.5 Å². The Morgan fingerprint density at radius 3 is 2.48 bits per heavy atom. The first-order valence-corrected chi connectivity index (χ1v) is 10.0. The summed E-state index contributed by atoms with van der Waals surface area (Å²) in [6, 6.07) is 15.2.